The van der Waals surface area contributed by atoms with Crippen LogP contribution in [0.15, 0.2) is 0 Å². The van der Waals surface area contributed by atoms with Gasteiger partial charge in [0.15, 0.2) is 0 Å². The van der Waals surface area contributed by atoms with E-state index in [9.17, 15) is 4.79 Å². The number of rotatable bonds is 6. The molecule has 3 saturated carbocycles. The van der Waals surface area contributed by atoms with Crippen LogP contribution in [0, 0.1) is 29.6 Å². The molecular weight excluding hydrogens is 226 g/mol. The summed E-state index contributed by atoms with van der Waals surface area (Å²) >= 11 is 0. The van der Waals surface area contributed by atoms with Crippen LogP contribution in [-0.4, -0.2) is 36.1 Å². The zero-order valence-electron chi connectivity index (χ0n) is 11.3. The second-order valence-electron chi connectivity index (χ2n) is 6.56. The smallest absolute Gasteiger partial charge is 0.226 e. The van der Waals surface area contributed by atoms with Crippen LogP contribution < -0.4 is 0 Å². The number of unbranched alkanes of at least 4 members (excludes halogenated alkanes) is 2. The largest absolute Gasteiger partial charge is 0.396 e. The van der Waals surface area contributed by atoms with Gasteiger partial charge >= 0.3 is 0 Å². The fraction of sp³-hybridized carbons (Fsp3) is 0.933. The fourth-order valence-corrected chi connectivity index (χ4v) is 4.66. The summed E-state index contributed by atoms with van der Waals surface area (Å²) in [6, 6.07) is 0. The maximum atomic E-state index is 12.4. The molecule has 2 bridgehead atoms. The lowest BCUT2D eigenvalue weighted by molar-refractivity contribution is -0.132. The molecule has 3 fully saturated rings. The molecular formula is C15H25NO2. The highest BCUT2D eigenvalue weighted by Crippen LogP contribution is 2.69. The van der Waals surface area contributed by atoms with Gasteiger partial charge in [0.05, 0.1) is 0 Å². The van der Waals surface area contributed by atoms with Gasteiger partial charge < -0.3 is 10.0 Å². The summed E-state index contributed by atoms with van der Waals surface area (Å²) in [4.78, 5) is 14.3. The lowest BCUT2D eigenvalue weighted by Crippen LogP contribution is -2.31. The molecule has 0 heterocycles. The van der Waals surface area contributed by atoms with Gasteiger partial charge in [-0.2, -0.15) is 0 Å². The van der Waals surface area contributed by atoms with Crippen LogP contribution in [0.2, 0.25) is 0 Å². The highest BCUT2D eigenvalue weighted by molar-refractivity contribution is 5.82. The Balaban J connectivity index is 1.45. The van der Waals surface area contributed by atoms with Crippen molar-refractivity contribution in [3.05, 3.63) is 0 Å². The normalized spacial score (nSPS) is 39.8. The third-order valence-electron chi connectivity index (χ3n) is 5.55. The van der Waals surface area contributed by atoms with Gasteiger partial charge in [0, 0.05) is 26.1 Å². The van der Waals surface area contributed by atoms with Crippen molar-refractivity contribution in [2.45, 2.75) is 38.5 Å². The standard InChI is InChI=1S/C15H25NO2/c1-16(7-3-2-4-8-17)15(18)14-12-10-5-6-11(9-10)13(12)14/h10-14,17H,2-9H2,1H3. The minimum atomic E-state index is 0.272. The predicted octanol–water partition coefficient (Wildman–Crippen LogP) is 1.90. The number of hydrogen-bond donors (Lipinski definition) is 1. The molecule has 0 saturated heterocycles. The highest BCUT2D eigenvalue weighted by atomic mass is 16.2. The molecule has 3 aliphatic rings. The lowest BCUT2D eigenvalue weighted by atomic mass is 10.0. The molecule has 3 rings (SSSR count). The van der Waals surface area contributed by atoms with Crippen molar-refractivity contribution in [1.82, 2.24) is 4.90 Å². The van der Waals surface area contributed by atoms with Gasteiger partial charge in [-0.05, 0) is 62.2 Å². The molecule has 3 aliphatic carbocycles. The van der Waals surface area contributed by atoms with Gasteiger partial charge in [-0.25, -0.2) is 0 Å². The summed E-state index contributed by atoms with van der Waals surface area (Å²) in [5.41, 5.74) is 0. The highest BCUT2D eigenvalue weighted by Gasteiger charge is 2.67. The Morgan fingerprint density at radius 2 is 1.83 bits per heavy atom. The average Bonchev–Trinajstić information content (AvgIpc) is 2.81. The maximum absolute atomic E-state index is 12.4. The van der Waals surface area contributed by atoms with E-state index in [1.54, 1.807) is 0 Å². The van der Waals surface area contributed by atoms with Crippen molar-refractivity contribution >= 4 is 5.91 Å². The Kier molecular flexibility index (Phi) is 3.35. The van der Waals surface area contributed by atoms with E-state index in [-0.39, 0.29) is 6.61 Å². The van der Waals surface area contributed by atoms with E-state index in [4.69, 9.17) is 5.11 Å². The van der Waals surface area contributed by atoms with E-state index in [0.29, 0.717) is 11.8 Å². The molecule has 18 heavy (non-hydrogen) atoms. The number of amides is 1. The summed E-state index contributed by atoms with van der Waals surface area (Å²) in [5, 5.41) is 8.73. The number of nitrogens with zero attached hydrogens (tertiary/aromatic N) is 1. The molecule has 0 radical (unpaired) electrons. The second kappa shape index (κ2) is 4.84. The van der Waals surface area contributed by atoms with E-state index in [1.165, 1.54) is 19.3 Å². The van der Waals surface area contributed by atoms with Gasteiger partial charge in [-0.1, -0.05) is 0 Å². The SMILES string of the molecule is CN(CCCCCO)C(=O)C1C2C3CCC(C3)C12. The Bertz CT molecular complexity index is 314. The number of hydrogen-bond acceptors (Lipinski definition) is 2. The Labute approximate surface area is 110 Å². The minimum absolute atomic E-state index is 0.272. The Hall–Kier alpha value is -0.570. The quantitative estimate of drug-likeness (QED) is 0.732. The van der Waals surface area contributed by atoms with E-state index in [0.717, 1.165) is 49.5 Å². The van der Waals surface area contributed by atoms with Gasteiger partial charge in [0.1, 0.15) is 0 Å². The van der Waals surface area contributed by atoms with E-state index in [2.05, 4.69) is 0 Å². The van der Waals surface area contributed by atoms with Gasteiger partial charge in [0.2, 0.25) is 5.91 Å². The Morgan fingerprint density at radius 3 is 2.44 bits per heavy atom. The number of carbonyl (C=O) groups excluding carboxylic acids is 1. The van der Waals surface area contributed by atoms with Crippen molar-refractivity contribution in [3.63, 3.8) is 0 Å². The first kappa shape index (κ1) is 12.5. The molecule has 4 atom stereocenters. The van der Waals surface area contributed by atoms with E-state index >= 15 is 0 Å². The Morgan fingerprint density at radius 1 is 1.17 bits per heavy atom. The van der Waals surface area contributed by atoms with Gasteiger partial charge in [-0.15, -0.1) is 0 Å². The van der Waals surface area contributed by atoms with Crippen molar-refractivity contribution in [2.75, 3.05) is 20.2 Å². The molecule has 0 aromatic heterocycles. The third-order valence-corrected chi connectivity index (χ3v) is 5.55. The molecule has 1 N–H and O–H groups in total. The minimum Gasteiger partial charge on any atom is -0.396 e. The zero-order chi connectivity index (χ0) is 12.7. The van der Waals surface area contributed by atoms with Crippen molar-refractivity contribution in [1.29, 1.82) is 0 Å². The number of aliphatic hydroxyl groups excluding tert-OH is 1. The number of carbonyl (C=O) groups is 1. The van der Waals surface area contributed by atoms with Gasteiger partial charge in [0.25, 0.3) is 0 Å². The number of aliphatic hydroxyl groups is 1. The summed E-state index contributed by atoms with van der Waals surface area (Å²) in [6.07, 6.45) is 7.10. The first-order chi connectivity index (χ1) is 8.74. The molecule has 0 aromatic carbocycles. The van der Waals surface area contributed by atoms with Crippen LogP contribution in [-0.2, 0) is 4.79 Å². The molecule has 102 valence electrons. The average molecular weight is 251 g/mol. The number of fused-ring (bicyclic) bond motifs is 5. The van der Waals surface area contributed by atoms with Crippen LogP contribution in [0.5, 0.6) is 0 Å². The fourth-order valence-electron chi connectivity index (χ4n) is 4.66. The van der Waals surface area contributed by atoms with E-state index < -0.39 is 0 Å². The molecule has 1 amide bonds. The van der Waals surface area contributed by atoms with Crippen molar-refractivity contribution in [3.8, 4) is 0 Å². The molecule has 3 nitrogen and oxygen atoms in total. The van der Waals surface area contributed by atoms with Crippen LogP contribution >= 0.6 is 0 Å². The van der Waals surface area contributed by atoms with Crippen LogP contribution in [0.25, 0.3) is 0 Å². The molecule has 0 spiro atoms. The predicted molar refractivity (Wildman–Crippen MR) is 69.9 cm³/mol. The summed E-state index contributed by atoms with van der Waals surface area (Å²) in [5.74, 6) is 4.09. The van der Waals surface area contributed by atoms with Crippen LogP contribution in [0.4, 0.5) is 0 Å². The molecule has 3 heteroatoms. The molecule has 0 aromatic rings. The monoisotopic (exact) mass is 251 g/mol. The molecule has 4 unspecified atom stereocenters. The van der Waals surface area contributed by atoms with Crippen LogP contribution in [0.1, 0.15) is 38.5 Å². The summed E-state index contributed by atoms with van der Waals surface area (Å²) < 4.78 is 0. The topological polar surface area (TPSA) is 40.5 Å². The molecule has 0 aliphatic heterocycles. The van der Waals surface area contributed by atoms with Gasteiger partial charge in [-0.3, -0.25) is 4.79 Å². The second-order valence-corrected chi connectivity index (χ2v) is 6.56. The van der Waals surface area contributed by atoms with E-state index in [1.807, 2.05) is 11.9 Å². The first-order valence-electron chi connectivity index (χ1n) is 7.60. The maximum Gasteiger partial charge on any atom is 0.226 e. The van der Waals surface area contributed by atoms with Crippen LogP contribution in [0.3, 0.4) is 0 Å². The third kappa shape index (κ3) is 1.97. The zero-order valence-corrected chi connectivity index (χ0v) is 11.3. The first-order valence-corrected chi connectivity index (χ1v) is 7.60. The van der Waals surface area contributed by atoms with Crippen molar-refractivity contribution in [2.24, 2.45) is 29.6 Å². The lowest BCUT2D eigenvalue weighted by Gasteiger charge is -2.19. The summed E-state index contributed by atoms with van der Waals surface area (Å²) in [7, 11) is 1.96. The summed E-state index contributed by atoms with van der Waals surface area (Å²) in [6.45, 7) is 1.14. The van der Waals surface area contributed by atoms with Crippen molar-refractivity contribution < 1.29 is 9.90 Å².